The number of rotatable bonds is 2. The van der Waals surface area contributed by atoms with Gasteiger partial charge in [0.1, 0.15) is 0 Å². The Bertz CT molecular complexity index is 839. The van der Waals surface area contributed by atoms with Crippen molar-refractivity contribution < 1.29 is 4.79 Å². The van der Waals surface area contributed by atoms with E-state index in [2.05, 4.69) is 26.3 Å². The lowest BCUT2D eigenvalue weighted by atomic mass is 10.1. The summed E-state index contributed by atoms with van der Waals surface area (Å²) in [5.74, 6) is -0.145. The molecule has 0 saturated heterocycles. The first-order valence-electron chi connectivity index (χ1n) is 6.55. The van der Waals surface area contributed by atoms with Gasteiger partial charge >= 0.3 is 0 Å². The van der Waals surface area contributed by atoms with E-state index in [9.17, 15) is 4.79 Å². The van der Waals surface area contributed by atoms with Crippen LogP contribution in [0.15, 0.2) is 47.1 Å². The second kappa shape index (κ2) is 5.33. The van der Waals surface area contributed by atoms with Gasteiger partial charge in [0.2, 0.25) is 0 Å². The zero-order chi connectivity index (χ0) is 15.0. The lowest BCUT2D eigenvalue weighted by molar-refractivity contribution is 0.102. The Kier molecular flexibility index (Phi) is 3.51. The monoisotopic (exact) mass is 343 g/mol. The summed E-state index contributed by atoms with van der Waals surface area (Å²) in [6.07, 6.45) is 1.59. The number of hydrogen-bond acceptors (Lipinski definition) is 2. The van der Waals surface area contributed by atoms with Crippen LogP contribution in [0.25, 0.3) is 10.8 Å². The van der Waals surface area contributed by atoms with Gasteiger partial charge in [-0.1, -0.05) is 40.2 Å². The normalized spacial score (nSPS) is 10.8. The molecule has 5 heteroatoms. The third kappa shape index (κ3) is 2.45. The molecule has 0 unspecified atom stereocenters. The molecule has 2 aromatic carbocycles. The van der Waals surface area contributed by atoms with Crippen molar-refractivity contribution in [3.05, 3.63) is 58.3 Å². The maximum atomic E-state index is 12.4. The standard InChI is InChI=1S/C16H14BrN3O/c1-10-13(9-18-20(10)2)16(21)19-15-8-7-14(17)11-5-3-4-6-12(11)15/h3-9H,1-2H3,(H,19,21). The molecule has 1 N–H and O–H groups in total. The van der Waals surface area contributed by atoms with Crippen LogP contribution >= 0.6 is 15.9 Å². The molecule has 0 aliphatic carbocycles. The third-order valence-electron chi connectivity index (χ3n) is 3.60. The highest BCUT2D eigenvalue weighted by Gasteiger charge is 2.14. The van der Waals surface area contributed by atoms with Crippen molar-refractivity contribution in [2.75, 3.05) is 5.32 Å². The number of aryl methyl sites for hydroxylation is 1. The van der Waals surface area contributed by atoms with Crippen LogP contribution in [0.5, 0.6) is 0 Å². The summed E-state index contributed by atoms with van der Waals surface area (Å²) in [7, 11) is 1.82. The number of hydrogen-bond donors (Lipinski definition) is 1. The van der Waals surface area contributed by atoms with Gasteiger partial charge in [-0.3, -0.25) is 9.48 Å². The zero-order valence-corrected chi connectivity index (χ0v) is 13.3. The average Bonchev–Trinajstić information content (AvgIpc) is 2.82. The van der Waals surface area contributed by atoms with Crippen molar-refractivity contribution in [2.45, 2.75) is 6.92 Å². The molecule has 106 valence electrons. The van der Waals surface area contributed by atoms with E-state index in [-0.39, 0.29) is 5.91 Å². The van der Waals surface area contributed by atoms with E-state index < -0.39 is 0 Å². The van der Waals surface area contributed by atoms with E-state index in [0.717, 1.165) is 26.6 Å². The number of fused-ring (bicyclic) bond motifs is 1. The number of halogens is 1. The summed E-state index contributed by atoms with van der Waals surface area (Å²) >= 11 is 3.53. The topological polar surface area (TPSA) is 46.9 Å². The molecule has 0 aliphatic rings. The van der Waals surface area contributed by atoms with Gasteiger partial charge in [0.05, 0.1) is 11.8 Å². The van der Waals surface area contributed by atoms with Gasteiger partial charge in [-0.2, -0.15) is 5.10 Å². The fourth-order valence-corrected chi connectivity index (χ4v) is 2.76. The predicted molar refractivity (Wildman–Crippen MR) is 87.5 cm³/mol. The van der Waals surface area contributed by atoms with E-state index >= 15 is 0 Å². The van der Waals surface area contributed by atoms with E-state index in [4.69, 9.17) is 0 Å². The van der Waals surface area contributed by atoms with Gasteiger partial charge in [0.15, 0.2) is 0 Å². The van der Waals surface area contributed by atoms with Crippen LogP contribution < -0.4 is 5.32 Å². The average molecular weight is 344 g/mol. The minimum absolute atomic E-state index is 0.145. The molecular formula is C16H14BrN3O. The Hall–Kier alpha value is -2.14. The number of carbonyl (C=O) groups excluding carboxylic acids is 1. The quantitative estimate of drug-likeness (QED) is 0.767. The molecule has 0 fully saturated rings. The first-order valence-corrected chi connectivity index (χ1v) is 7.34. The number of aromatic nitrogens is 2. The summed E-state index contributed by atoms with van der Waals surface area (Å²) in [6.45, 7) is 1.88. The van der Waals surface area contributed by atoms with Crippen molar-refractivity contribution in [3.8, 4) is 0 Å². The summed E-state index contributed by atoms with van der Waals surface area (Å²) in [6, 6.07) is 11.8. The van der Waals surface area contributed by atoms with Crippen molar-refractivity contribution in [1.29, 1.82) is 0 Å². The molecule has 21 heavy (non-hydrogen) atoms. The molecule has 0 spiro atoms. The highest BCUT2D eigenvalue weighted by Crippen LogP contribution is 2.30. The first kappa shape index (κ1) is 13.8. The second-order valence-electron chi connectivity index (χ2n) is 4.86. The number of anilines is 1. The largest absolute Gasteiger partial charge is 0.321 e. The highest BCUT2D eigenvalue weighted by atomic mass is 79.9. The van der Waals surface area contributed by atoms with Crippen molar-refractivity contribution in [2.24, 2.45) is 7.05 Å². The molecule has 0 bridgehead atoms. The van der Waals surface area contributed by atoms with Crippen LogP contribution in [0.1, 0.15) is 16.1 Å². The molecule has 3 rings (SSSR count). The molecule has 0 atom stereocenters. The number of carbonyl (C=O) groups is 1. The number of nitrogens with one attached hydrogen (secondary N) is 1. The fourth-order valence-electron chi connectivity index (χ4n) is 2.28. The summed E-state index contributed by atoms with van der Waals surface area (Å²) in [4.78, 5) is 12.4. The molecule has 3 aromatic rings. The van der Waals surface area contributed by atoms with Gasteiger partial charge in [0, 0.05) is 28.3 Å². The van der Waals surface area contributed by atoms with Crippen molar-refractivity contribution >= 4 is 38.3 Å². The summed E-state index contributed by atoms with van der Waals surface area (Å²) in [5.41, 5.74) is 2.22. The molecule has 1 amide bonds. The minimum atomic E-state index is -0.145. The Morgan fingerprint density at radius 1 is 1.19 bits per heavy atom. The zero-order valence-electron chi connectivity index (χ0n) is 11.7. The van der Waals surface area contributed by atoms with Crippen LogP contribution in [-0.4, -0.2) is 15.7 Å². The lowest BCUT2D eigenvalue weighted by Crippen LogP contribution is -2.13. The Morgan fingerprint density at radius 2 is 1.90 bits per heavy atom. The van der Waals surface area contributed by atoms with Gasteiger partial charge in [-0.15, -0.1) is 0 Å². The van der Waals surface area contributed by atoms with Crippen LogP contribution in [-0.2, 0) is 7.05 Å². The number of nitrogens with zero attached hydrogens (tertiary/aromatic N) is 2. The van der Waals surface area contributed by atoms with Crippen molar-refractivity contribution in [3.63, 3.8) is 0 Å². The Balaban J connectivity index is 2.01. The van der Waals surface area contributed by atoms with Gasteiger partial charge in [-0.05, 0) is 24.4 Å². The molecule has 0 radical (unpaired) electrons. The summed E-state index contributed by atoms with van der Waals surface area (Å²) in [5, 5.41) is 9.14. The van der Waals surface area contributed by atoms with Crippen LogP contribution in [0.4, 0.5) is 5.69 Å². The third-order valence-corrected chi connectivity index (χ3v) is 4.29. The van der Waals surface area contributed by atoms with Crippen LogP contribution in [0.3, 0.4) is 0 Å². The molecule has 0 saturated carbocycles. The number of benzene rings is 2. The van der Waals surface area contributed by atoms with Gasteiger partial charge in [-0.25, -0.2) is 0 Å². The SMILES string of the molecule is Cc1c(C(=O)Nc2ccc(Br)c3ccccc23)cnn1C. The Morgan fingerprint density at radius 3 is 2.57 bits per heavy atom. The van der Waals surface area contributed by atoms with Gasteiger partial charge in [0.25, 0.3) is 5.91 Å². The maximum absolute atomic E-state index is 12.4. The lowest BCUT2D eigenvalue weighted by Gasteiger charge is -2.10. The maximum Gasteiger partial charge on any atom is 0.259 e. The smallest absolute Gasteiger partial charge is 0.259 e. The second-order valence-corrected chi connectivity index (χ2v) is 5.72. The van der Waals surface area contributed by atoms with Gasteiger partial charge < -0.3 is 5.32 Å². The Labute approximate surface area is 130 Å². The van der Waals surface area contributed by atoms with E-state index in [0.29, 0.717) is 5.56 Å². The minimum Gasteiger partial charge on any atom is -0.321 e. The molecule has 4 nitrogen and oxygen atoms in total. The molecule has 1 heterocycles. The molecule has 1 aromatic heterocycles. The van der Waals surface area contributed by atoms with Crippen LogP contribution in [0, 0.1) is 6.92 Å². The summed E-state index contributed by atoms with van der Waals surface area (Å²) < 4.78 is 2.70. The van der Waals surface area contributed by atoms with E-state index in [1.165, 1.54) is 0 Å². The first-order chi connectivity index (χ1) is 10.1. The molecule has 0 aliphatic heterocycles. The van der Waals surface area contributed by atoms with E-state index in [1.54, 1.807) is 10.9 Å². The highest BCUT2D eigenvalue weighted by molar-refractivity contribution is 9.10. The molecular weight excluding hydrogens is 330 g/mol. The number of amides is 1. The fraction of sp³-hybridized carbons (Fsp3) is 0.125. The van der Waals surface area contributed by atoms with Crippen molar-refractivity contribution in [1.82, 2.24) is 9.78 Å². The van der Waals surface area contributed by atoms with E-state index in [1.807, 2.05) is 50.4 Å². The predicted octanol–water partition coefficient (Wildman–Crippen LogP) is 3.90. The van der Waals surface area contributed by atoms with Crippen LogP contribution in [0.2, 0.25) is 0 Å².